The minimum Gasteiger partial charge on any atom is -0.456 e. The summed E-state index contributed by atoms with van der Waals surface area (Å²) in [6, 6.07) is 55.4. The Morgan fingerprint density at radius 3 is 1.77 bits per heavy atom. The van der Waals surface area contributed by atoms with E-state index in [-0.39, 0.29) is 0 Å². The molecule has 11 aromatic rings. The number of benzene rings is 7. The van der Waals surface area contributed by atoms with Crippen molar-refractivity contribution < 1.29 is 8.83 Å². The maximum absolute atomic E-state index is 6.16. The molecule has 11 rings (SSSR count). The normalized spacial score (nSPS) is 11.8. The van der Waals surface area contributed by atoms with Gasteiger partial charge in [0, 0.05) is 49.5 Å². The van der Waals surface area contributed by atoms with Crippen LogP contribution in [0.2, 0.25) is 0 Å². The first-order valence-electron chi connectivity index (χ1n) is 17.5. The molecule has 0 fully saturated rings. The minimum atomic E-state index is 0.595. The monoisotopic (exact) mass is 681 g/mol. The molecule has 4 heterocycles. The van der Waals surface area contributed by atoms with Crippen LogP contribution in [-0.4, -0.2) is 24.5 Å². The third-order valence-electron chi connectivity index (χ3n) is 9.90. The molecule has 7 aromatic carbocycles. The number of nitrogens with zero attached hydrogens (tertiary/aromatic N) is 5. The summed E-state index contributed by atoms with van der Waals surface area (Å²) in [5.74, 6) is 2.40. The molecule has 7 nitrogen and oxygen atoms in total. The number of oxazole rings is 1. The molecule has 0 N–H and O–H groups in total. The van der Waals surface area contributed by atoms with Gasteiger partial charge in [-0.25, -0.2) is 19.9 Å². The second-order valence-corrected chi connectivity index (χ2v) is 13.1. The Morgan fingerprint density at radius 1 is 0.358 bits per heavy atom. The average Bonchev–Trinajstić information content (AvgIpc) is 3.92. The second-order valence-electron chi connectivity index (χ2n) is 13.1. The van der Waals surface area contributed by atoms with Crippen LogP contribution < -0.4 is 0 Å². The lowest BCUT2D eigenvalue weighted by atomic mass is 10.1. The van der Waals surface area contributed by atoms with E-state index in [0.29, 0.717) is 23.4 Å². The topological polar surface area (TPSA) is 82.8 Å². The summed E-state index contributed by atoms with van der Waals surface area (Å²) in [5, 5.41) is 4.41. The van der Waals surface area contributed by atoms with Gasteiger partial charge in [0.05, 0.1) is 11.0 Å². The van der Waals surface area contributed by atoms with E-state index < -0.39 is 0 Å². The maximum atomic E-state index is 6.16. The summed E-state index contributed by atoms with van der Waals surface area (Å²) in [6.07, 6.45) is 0. The van der Waals surface area contributed by atoms with Crippen molar-refractivity contribution in [1.29, 1.82) is 0 Å². The summed E-state index contributed by atoms with van der Waals surface area (Å²) in [6.45, 7) is 0. The first kappa shape index (κ1) is 29.4. The number of hydrogen-bond acceptors (Lipinski definition) is 6. The summed E-state index contributed by atoms with van der Waals surface area (Å²) in [4.78, 5) is 19.8. The van der Waals surface area contributed by atoms with Crippen molar-refractivity contribution in [2.75, 3.05) is 0 Å². The molecule has 0 unspecified atom stereocenters. The Bertz CT molecular complexity index is 3140. The van der Waals surface area contributed by atoms with Crippen LogP contribution in [0.3, 0.4) is 0 Å². The molecule has 53 heavy (non-hydrogen) atoms. The van der Waals surface area contributed by atoms with Gasteiger partial charge in [-0.1, -0.05) is 84.9 Å². The molecule has 0 radical (unpaired) electrons. The Labute approximate surface area is 302 Å². The van der Waals surface area contributed by atoms with Crippen molar-refractivity contribution in [3.63, 3.8) is 0 Å². The third-order valence-corrected chi connectivity index (χ3v) is 9.90. The molecule has 248 valence electrons. The number of hydrogen-bond donors (Lipinski definition) is 0. The van der Waals surface area contributed by atoms with Gasteiger partial charge in [0.2, 0.25) is 5.89 Å². The van der Waals surface area contributed by atoms with E-state index in [1.807, 2.05) is 84.9 Å². The Balaban J connectivity index is 1.04. The van der Waals surface area contributed by atoms with E-state index in [1.54, 1.807) is 0 Å². The molecule has 7 heteroatoms. The van der Waals surface area contributed by atoms with Crippen LogP contribution in [-0.2, 0) is 0 Å². The van der Waals surface area contributed by atoms with Crippen molar-refractivity contribution in [2.24, 2.45) is 0 Å². The maximum Gasteiger partial charge on any atom is 0.227 e. The van der Waals surface area contributed by atoms with Crippen molar-refractivity contribution in [3.05, 3.63) is 164 Å². The quantitative estimate of drug-likeness (QED) is 0.180. The van der Waals surface area contributed by atoms with Gasteiger partial charge in [0.25, 0.3) is 0 Å². The zero-order valence-electron chi connectivity index (χ0n) is 28.1. The van der Waals surface area contributed by atoms with Crippen LogP contribution >= 0.6 is 0 Å². The fourth-order valence-electron chi connectivity index (χ4n) is 7.35. The predicted molar refractivity (Wildman–Crippen MR) is 211 cm³/mol. The summed E-state index contributed by atoms with van der Waals surface area (Å²) < 4.78 is 14.6. The van der Waals surface area contributed by atoms with Gasteiger partial charge in [-0.3, -0.25) is 0 Å². The van der Waals surface area contributed by atoms with E-state index in [0.717, 1.165) is 77.4 Å². The largest absolute Gasteiger partial charge is 0.456 e. The molecule has 0 aliphatic carbocycles. The van der Waals surface area contributed by atoms with Gasteiger partial charge in [0.1, 0.15) is 16.7 Å². The fraction of sp³-hybridized carbons (Fsp3) is 0. The molecular formula is C46H27N5O2. The Morgan fingerprint density at radius 2 is 0.962 bits per heavy atom. The molecule has 0 saturated heterocycles. The van der Waals surface area contributed by atoms with Gasteiger partial charge < -0.3 is 13.4 Å². The molecule has 0 spiro atoms. The highest BCUT2D eigenvalue weighted by Gasteiger charge is 2.18. The van der Waals surface area contributed by atoms with Crippen molar-refractivity contribution >= 4 is 54.8 Å². The predicted octanol–water partition coefficient (Wildman–Crippen LogP) is 11.7. The van der Waals surface area contributed by atoms with Crippen LogP contribution in [0.5, 0.6) is 0 Å². The molecule has 0 amide bonds. The molecule has 0 aliphatic rings. The summed E-state index contributed by atoms with van der Waals surface area (Å²) >= 11 is 0. The van der Waals surface area contributed by atoms with Gasteiger partial charge in [-0.2, -0.15) is 0 Å². The van der Waals surface area contributed by atoms with Gasteiger partial charge in [-0.15, -0.1) is 0 Å². The molecule has 0 aliphatic heterocycles. The van der Waals surface area contributed by atoms with E-state index in [4.69, 9.17) is 28.8 Å². The van der Waals surface area contributed by atoms with Gasteiger partial charge >= 0.3 is 0 Å². The second kappa shape index (κ2) is 11.6. The van der Waals surface area contributed by atoms with Crippen LogP contribution in [0, 0.1) is 0 Å². The molecule has 0 bridgehead atoms. The van der Waals surface area contributed by atoms with E-state index >= 15 is 0 Å². The number of para-hydroxylation sites is 4. The van der Waals surface area contributed by atoms with E-state index in [9.17, 15) is 0 Å². The number of furan rings is 1. The van der Waals surface area contributed by atoms with Crippen LogP contribution in [0.1, 0.15) is 0 Å². The minimum absolute atomic E-state index is 0.595. The SMILES string of the molecule is c1ccc(-c2nc(-c3ccc(-n4c5ccccc5c5ccc(-c6nc7ccccc7o6)cc54)cc3)nc(-c3ccc4oc5ccccc5c4c3)n2)cc1. The number of rotatable bonds is 5. The molecular weight excluding hydrogens is 655 g/mol. The zero-order valence-corrected chi connectivity index (χ0v) is 28.1. The first-order chi connectivity index (χ1) is 26.2. The van der Waals surface area contributed by atoms with Crippen LogP contribution in [0.25, 0.3) is 106 Å². The third kappa shape index (κ3) is 4.82. The van der Waals surface area contributed by atoms with Crippen molar-refractivity contribution in [3.8, 4) is 51.3 Å². The van der Waals surface area contributed by atoms with E-state index in [2.05, 4.69) is 83.4 Å². The number of aromatic nitrogens is 5. The highest BCUT2D eigenvalue weighted by molar-refractivity contribution is 6.10. The standard InChI is InChI=1S/C46H27N5O2/c1-2-10-28(11-3-1)43-48-44(50-45(49-43)30-21-25-41-36(26-30)35-13-5-8-16-40(35)52-41)29-18-22-32(23-19-29)51-38-15-7-4-12-33(38)34-24-20-31(27-39(34)51)46-47-37-14-6-9-17-42(37)53-46/h1-27H. The highest BCUT2D eigenvalue weighted by Crippen LogP contribution is 2.37. The molecule has 4 aromatic heterocycles. The molecule has 0 saturated carbocycles. The summed E-state index contributed by atoms with van der Waals surface area (Å²) in [7, 11) is 0. The zero-order chi connectivity index (χ0) is 34.9. The lowest BCUT2D eigenvalue weighted by Gasteiger charge is -2.11. The molecule has 0 atom stereocenters. The van der Waals surface area contributed by atoms with Gasteiger partial charge in [0.15, 0.2) is 23.1 Å². The fourth-order valence-corrected chi connectivity index (χ4v) is 7.35. The van der Waals surface area contributed by atoms with Crippen molar-refractivity contribution in [2.45, 2.75) is 0 Å². The van der Waals surface area contributed by atoms with Crippen LogP contribution in [0.15, 0.2) is 173 Å². The Kier molecular flexibility index (Phi) is 6.42. The Hall–Kier alpha value is -7.38. The van der Waals surface area contributed by atoms with Gasteiger partial charge in [-0.05, 0) is 78.9 Å². The van der Waals surface area contributed by atoms with Crippen molar-refractivity contribution in [1.82, 2.24) is 24.5 Å². The highest BCUT2D eigenvalue weighted by atomic mass is 16.3. The van der Waals surface area contributed by atoms with Crippen LogP contribution in [0.4, 0.5) is 0 Å². The number of fused-ring (bicyclic) bond motifs is 7. The average molecular weight is 682 g/mol. The lowest BCUT2D eigenvalue weighted by molar-refractivity contribution is 0.620. The lowest BCUT2D eigenvalue weighted by Crippen LogP contribution is -2.00. The smallest absolute Gasteiger partial charge is 0.227 e. The summed E-state index contributed by atoms with van der Waals surface area (Å²) in [5.41, 5.74) is 10.1. The van der Waals surface area contributed by atoms with E-state index in [1.165, 1.54) is 5.39 Å². The first-order valence-corrected chi connectivity index (χ1v) is 17.5.